The summed E-state index contributed by atoms with van der Waals surface area (Å²) in [6.45, 7) is 4.97. The number of alkyl halides is 2. The number of halogens is 2. The fourth-order valence-corrected chi connectivity index (χ4v) is 4.06. The molecule has 1 aliphatic carbocycles. The zero-order chi connectivity index (χ0) is 16.7. The van der Waals surface area contributed by atoms with Crippen LogP contribution >= 0.6 is 0 Å². The first-order valence-corrected chi connectivity index (χ1v) is 8.64. The summed E-state index contributed by atoms with van der Waals surface area (Å²) in [5.41, 5.74) is 0.353. The molecule has 0 radical (unpaired) electrons. The van der Waals surface area contributed by atoms with Crippen LogP contribution in [0.5, 0.6) is 0 Å². The predicted molar refractivity (Wildman–Crippen MR) is 86.4 cm³/mol. The first-order valence-electron chi connectivity index (χ1n) is 8.64. The first kappa shape index (κ1) is 15.7. The number of fused-ring (bicyclic) bond motifs is 1. The summed E-state index contributed by atoms with van der Waals surface area (Å²) in [5, 5.41) is 11.6. The molecule has 24 heavy (non-hydrogen) atoms. The molecule has 6 nitrogen and oxygen atoms in total. The fraction of sp³-hybridized carbons (Fsp3) is 0.688. The van der Waals surface area contributed by atoms with E-state index in [1.54, 1.807) is 6.07 Å². The van der Waals surface area contributed by atoms with Crippen molar-refractivity contribution in [1.29, 1.82) is 0 Å². The van der Waals surface area contributed by atoms with Crippen LogP contribution in [0.25, 0.3) is 5.65 Å². The Morgan fingerprint density at radius 2 is 1.92 bits per heavy atom. The molecule has 4 rings (SSSR count). The van der Waals surface area contributed by atoms with Crippen LogP contribution in [0.1, 0.15) is 44.9 Å². The molecule has 1 atom stereocenters. The maximum atomic E-state index is 13.0. The molecule has 0 amide bonds. The molecule has 0 spiro atoms. The third-order valence-electron chi connectivity index (χ3n) is 5.26. The number of nitrogens with zero attached hydrogens (tertiary/aromatic N) is 6. The molecule has 0 aromatic carbocycles. The number of anilines is 1. The summed E-state index contributed by atoms with van der Waals surface area (Å²) >= 11 is 0. The molecule has 1 unspecified atom stereocenters. The SMILES string of the molecule is CC1CN(c2ccc3nnc(C(F)F)n3n2)CCN1C1CCCC1. The van der Waals surface area contributed by atoms with Gasteiger partial charge in [0.25, 0.3) is 6.43 Å². The number of aromatic nitrogens is 4. The van der Waals surface area contributed by atoms with Gasteiger partial charge in [-0.1, -0.05) is 12.8 Å². The van der Waals surface area contributed by atoms with Crippen molar-refractivity contribution in [3.05, 3.63) is 18.0 Å². The van der Waals surface area contributed by atoms with Crippen molar-refractivity contribution in [3.8, 4) is 0 Å². The van der Waals surface area contributed by atoms with E-state index in [-0.39, 0.29) is 0 Å². The van der Waals surface area contributed by atoms with Crippen molar-refractivity contribution in [2.24, 2.45) is 0 Å². The maximum Gasteiger partial charge on any atom is 0.299 e. The van der Waals surface area contributed by atoms with Gasteiger partial charge in [-0.3, -0.25) is 4.90 Å². The summed E-state index contributed by atoms with van der Waals surface area (Å²) in [6.07, 6.45) is 2.58. The van der Waals surface area contributed by atoms with Crippen LogP contribution in [-0.2, 0) is 0 Å². The van der Waals surface area contributed by atoms with Crippen molar-refractivity contribution in [2.75, 3.05) is 24.5 Å². The highest BCUT2D eigenvalue weighted by molar-refractivity contribution is 5.46. The van der Waals surface area contributed by atoms with Gasteiger partial charge in [0.05, 0.1) is 0 Å². The minimum absolute atomic E-state index is 0.353. The largest absolute Gasteiger partial charge is 0.352 e. The van der Waals surface area contributed by atoms with Crippen LogP contribution in [0.4, 0.5) is 14.6 Å². The van der Waals surface area contributed by atoms with E-state index in [0.717, 1.165) is 24.1 Å². The van der Waals surface area contributed by atoms with Gasteiger partial charge in [0.2, 0.25) is 5.82 Å². The van der Waals surface area contributed by atoms with Gasteiger partial charge in [0.1, 0.15) is 5.82 Å². The molecule has 0 N–H and O–H groups in total. The van der Waals surface area contributed by atoms with E-state index in [1.165, 1.54) is 25.7 Å². The zero-order valence-corrected chi connectivity index (χ0v) is 13.8. The average Bonchev–Trinajstić information content (AvgIpc) is 3.23. The molecule has 1 saturated carbocycles. The molecule has 2 aromatic rings. The van der Waals surface area contributed by atoms with Crippen molar-refractivity contribution in [1.82, 2.24) is 24.7 Å². The second-order valence-electron chi connectivity index (χ2n) is 6.79. The Morgan fingerprint density at radius 3 is 2.62 bits per heavy atom. The Bertz CT molecular complexity index is 712. The van der Waals surface area contributed by atoms with E-state index in [2.05, 4.69) is 32.0 Å². The van der Waals surface area contributed by atoms with E-state index in [0.29, 0.717) is 23.5 Å². The predicted octanol–water partition coefficient (Wildman–Crippen LogP) is 2.52. The van der Waals surface area contributed by atoms with Gasteiger partial charge in [0.15, 0.2) is 5.65 Å². The fourth-order valence-electron chi connectivity index (χ4n) is 4.06. The van der Waals surface area contributed by atoms with Crippen LogP contribution in [0.2, 0.25) is 0 Å². The van der Waals surface area contributed by atoms with Gasteiger partial charge in [-0.2, -0.15) is 4.52 Å². The number of piperazine rings is 1. The monoisotopic (exact) mass is 336 g/mol. The third-order valence-corrected chi connectivity index (χ3v) is 5.26. The Kier molecular flexibility index (Phi) is 4.07. The average molecular weight is 336 g/mol. The third kappa shape index (κ3) is 2.72. The smallest absolute Gasteiger partial charge is 0.299 e. The Morgan fingerprint density at radius 1 is 1.12 bits per heavy atom. The van der Waals surface area contributed by atoms with E-state index in [4.69, 9.17) is 0 Å². The van der Waals surface area contributed by atoms with Crippen LogP contribution in [0.15, 0.2) is 12.1 Å². The van der Waals surface area contributed by atoms with E-state index < -0.39 is 12.2 Å². The lowest BCUT2D eigenvalue weighted by atomic mass is 10.1. The normalized spacial score (nSPS) is 23.7. The quantitative estimate of drug-likeness (QED) is 0.862. The highest BCUT2D eigenvalue weighted by atomic mass is 19.3. The van der Waals surface area contributed by atoms with Crippen LogP contribution in [0, 0.1) is 0 Å². The van der Waals surface area contributed by atoms with Crippen LogP contribution in [-0.4, -0.2) is 56.4 Å². The molecule has 2 fully saturated rings. The van der Waals surface area contributed by atoms with E-state index in [1.807, 2.05) is 6.07 Å². The lowest BCUT2D eigenvalue weighted by Crippen LogP contribution is -2.55. The highest BCUT2D eigenvalue weighted by Crippen LogP contribution is 2.28. The summed E-state index contributed by atoms with van der Waals surface area (Å²) < 4.78 is 27.2. The molecule has 3 heterocycles. The van der Waals surface area contributed by atoms with E-state index in [9.17, 15) is 8.78 Å². The molecule has 1 aliphatic heterocycles. The Hall–Kier alpha value is -1.83. The molecule has 8 heteroatoms. The molecule has 1 saturated heterocycles. The standard InChI is InChI=1S/C16H22F2N6/c1-11-10-22(8-9-23(11)12-4-2-3-5-12)14-7-6-13-19-20-16(15(17)18)24(13)21-14/h6-7,11-12,15H,2-5,8-10H2,1H3. The topological polar surface area (TPSA) is 49.6 Å². The second kappa shape index (κ2) is 6.23. The van der Waals surface area contributed by atoms with Crippen molar-refractivity contribution in [3.63, 3.8) is 0 Å². The van der Waals surface area contributed by atoms with Crippen LogP contribution < -0.4 is 4.90 Å². The van der Waals surface area contributed by atoms with Gasteiger partial charge in [-0.15, -0.1) is 15.3 Å². The summed E-state index contributed by atoms with van der Waals surface area (Å²) in [4.78, 5) is 4.77. The summed E-state index contributed by atoms with van der Waals surface area (Å²) in [5.74, 6) is 0.312. The lowest BCUT2D eigenvalue weighted by Gasteiger charge is -2.43. The maximum absolute atomic E-state index is 13.0. The molecular weight excluding hydrogens is 314 g/mol. The van der Waals surface area contributed by atoms with Gasteiger partial charge >= 0.3 is 0 Å². The van der Waals surface area contributed by atoms with Crippen molar-refractivity contribution < 1.29 is 8.78 Å². The van der Waals surface area contributed by atoms with Gasteiger partial charge in [-0.05, 0) is 31.9 Å². The molecular formula is C16H22F2N6. The highest BCUT2D eigenvalue weighted by Gasteiger charge is 2.31. The van der Waals surface area contributed by atoms with Crippen LogP contribution in [0.3, 0.4) is 0 Å². The van der Waals surface area contributed by atoms with Gasteiger partial charge < -0.3 is 4.90 Å². The minimum atomic E-state index is -2.68. The minimum Gasteiger partial charge on any atom is -0.352 e. The van der Waals surface area contributed by atoms with Gasteiger partial charge in [0, 0.05) is 31.7 Å². The summed E-state index contributed by atoms with van der Waals surface area (Å²) in [6, 6.07) is 4.70. The molecule has 2 aliphatic rings. The van der Waals surface area contributed by atoms with Crippen molar-refractivity contribution in [2.45, 2.75) is 51.1 Å². The lowest BCUT2D eigenvalue weighted by molar-refractivity contribution is 0.130. The second-order valence-corrected chi connectivity index (χ2v) is 6.79. The Labute approximate surface area is 139 Å². The molecule has 2 aromatic heterocycles. The van der Waals surface area contributed by atoms with Crippen molar-refractivity contribution >= 4 is 11.5 Å². The molecule has 130 valence electrons. The van der Waals surface area contributed by atoms with E-state index >= 15 is 0 Å². The number of rotatable bonds is 3. The number of hydrogen-bond donors (Lipinski definition) is 0. The molecule has 0 bridgehead atoms. The first-order chi connectivity index (χ1) is 11.6. The number of hydrogen-bond acceptors (Lipinski definition) is 5. The van der Waals surface area contributed by atoms with Gasteiger partial charge in [-0.25, -0.2) is 8.78 Å². The Balaban J connectivity index is 1.54. The summed E-state index contributed by atoms with van der Waals surface area (Å²) in [7, 11) is 0. The zero-order valence-electron chi connectivity index (χ0n) is 13.8.